The van der Waals surface area contributed by atoms with E-state index in [1.807, 2.05) is 53.2 Å². The van der Waals surface area contributed by atoms with Crippen molar-refractivity contribution >= 4 is 26.4 Å². The Labute approximate surface area is 180 Å². The Morgan fingerprint density at radius 2 is 1.77 bits per heavy atom. The molecule has 0 atom stereocenters. The molecular formula is C23H21N3O4S. The Bertz CT molecular complexity index is 1360. The molecule has 0 spiro atoms. The largest absolute Gasteiger partial charge is 0.454 e. The number of nitrogens with zero attached hydrogens (tertiary/aromatic N) is 2. The van der Waals surface area contributed by atoms with Crippen molar-refractivity contribution in [2.24, 2.45) is 0 Å². The van der Waals surface area contributed by atoms with E-state index < -0.39 is 9.84 Å². The minimum Gasteiger partial charge on any atom is -0.454 e. The molecule has 2 heterocycles. The third-order valence-corrected chi connectivity index (χ3v) is 6.38. The summed E-state index contributed by atoms with van der Waals surface area (Å²) in [6.45, 7) is 1.35. The van der Waals surface area contributed by atoms with E-state index in [-0.39, 0.29) is 6.79 Å². The molecule has 0 aliphatic carbocycles. The fourth-order valence-electron chi connectivity index (χ4n) is 3.65. The number of para-hydroxylation sites is 1. The highest BCUT2D eigenvalue weighted by Gasteiger charge is 2.15. The molecule has 0 bridgehead atoms. The van der Waals surface area contributed by atoms with Crippen molar-refractivity contribution in [2.75, 3.05) is 18.4 Å². The van der Waals surface area contributed by atoms with Crippen molar-refractivity contribution < 1.29 is 17.9 Å². The summed E-state index contributed by atoms with van der Waals surface area (Å²) in [5, 5.41) is 9.30. The van der Waals surface area contributed by atoms with E-state index in [9.17, 15) is 8.42 Å². The lowest BCUT2D eigenvalue weighted by molar-refractivity contribution is 0.174. The van der Waals surface area contributed by atoms with Crippen LogP contribution in [0.4, 0.5) is 5.69 Å². The van der Waals surface area contributed by atoms with Crippen LogP contribution in [0, 0.1) is 0 Å². The summed E-state index contributed by atoms with van der Waals surface area (Å²) in [5.74, 6) is 1.49. The number of hydrogen-bond donors (Lipinski definition) is 1. The molecule has 8 heteroatoms. The summed E-state index contributed by atoms with van der Waals surface area (Å²) < 4.78 is 36.1. The average Bonchev–Trinajstić information content (AvgIpc) is 3.36. The molecule has 1 aliphatic heterocycles. The average molecular weight is 436 g/mol. The molecule has 1 N–H and O–H groups in total. The van der Waals surface area contributed by atoms with Crippen molar-refractivity contribution in [3.05, 3.63) is 78.0 Å². The van der Waals surface area contributed by atoms with E-state index in [4.69, 9.17) is 14.6 Å². The predicted octanol–water partition coefficient (Wildman–Crippen LogP) is 3.83. The van der Waals surface area contributed by atoms with Crippen LogP contribution in [0.15, 0.2) is 71.6 Å². The molecule has 7 nitrogen and oxygen atoms in total. The van der Waals surface area contributed by atoms with Gasteiger partial charge in [-0.25, -0.2) is 8.42 Å². The quantitative estimate of drug-likeness (QED) is 0.496. The van der Waals surface area contributed by atoms with Crippen LogP contribution in [0.5, 0.6) is 11.5 Å². The van der Waals surface area contributed by atoms with Crippen LogP contribution < -0.4 is 14.8 Å². The van der Waals surface area contributed by atoms with Crippen molar-refractivity contribution in [3.8, 4) is 11.5 Å². The summed E-state index contributed by atoms with van der Waals surface area (Å²) >= 11 is 0. The third kappa shape index (κ3) is 3.94. The zero-order chi connectivity index (χ0) is 21.4. The second kappa shape index (κ2) is 7.63. The summed E-state index contributed by atoms with van der Waals surface area (Å²) in [6, 6.07) is 20.8. The van der Waals surface area contributed by atoms with Gasteiger partial charge >= 0.3 is 0 Å². The molecule has 31 heavy (non-hydrogen) atoms. The standard InChI is InChI=1S/C23H21N3O4S/c1-31(27,28)18-9-6-16(7-10-18)14-26-21-5-3-2-4-19(21)20(25-26)13-24-17-8-11-22-23(12-17)30-15-29-22/h2-12,24H,13-15H2,1H3. The Morgan fingerprint density at radius 3 is 2.58 bits per heavy atom. The molecule has 1 aliphatic rings. The number of rotatable bonds is 6. The van der Waals surface area contributed by atoms with E-state index in [1.54, 1.807) is 12.1 Å². The number of aromatic nitrogens is 2. The van der Waals surface area contributed by atoms with Crippen LogP contribution in [0.2, 0.25) is 0 Å². The van der Waals surface area contributed by atoms with Gasteiger partial charge in [-0.05, 0) is 35.9 Å². The van der Waals surface area contributed by atoms with Gasteiger partial charge in [0.05, 0.1) is 29.2 Å². The van der Waals surface area contributed by atoms with E-state index in [2.05, 4.69) is 11.4 Å². The van der Waals surface area contributed by atoms with Crippen molar-refractivity contribution in [1.82, 2.24) is 9.78 Å². The molecule has 1 aromatic heterocycles. The fourth-order valence-corrected chi connectivity index (χ4v) is 4.29. The molecule has 0 amide bonds. The smallest absolute Gasteiger partial charge is 0.231 e. The van der Waals surface area contributed by atoms with Crippen LogP contribution in [-0.4, -0.2) is 31.2 Å². The van der Waals surface area contributed by atoms with Crippen LogP contribution >= 0.6 is 0 Å². The van der Waals surface area contributed by atoms with Crippen LogP contribution in [0.25, 0.3) is 10.9 Å². The van der Waals surface area contributed by atoms with Crippen molar-refractivity contribution in [3.63, 3.8) is 0 Å². The van der Waals surface area contributed by atoms with Gasteiger partial charge in [0.1, 0.15) is 0 Å². The number of nitrogens with one attached hydrogen (secondary N) is 1. The molecule has 0 unspecified atom stereocenters. The Kier molecular flexibility index (Phi) is 4.78. The first kappa shape index (κ1) is 19.4. The second-order valence-electron chi connectivity index (χ2n) is 7.46. The lowest BCUT2D eigenvalue weighted by atomic mass is 10.2. The lowest BCUT2D eigenvalue weighted by Crippen LogP contribution is -2.05. The molecule has 0 saturated carbocycles. The normalized spacial score (nSPS) is 12.9. The first-order valence-corrected chi connectivity index (χ1v) is 11.7. The van der Waals surface area contributed by atoms with Gasteiger partial charge in [0.25, 0.3) is 0 Å². The number of sulfone groups is 1. The van der Waals surface area contributed by atoms with E-state index in [1.165, 1.54) is 6.26 Å². The minimum atomic E-state index is -3.21. The number of fused-ring (bicyclic) bond motifs is 2. The maximum absolute atomic E-state index is 11.7. The summed E-state index contributed by atoms with van der Waals surface area (Å²) in [7, 11) is -3.21. The van der Waals surface area contributed by atoms with E-state index >= 15 is 0 Å². The van der Waals surface area contributed by atoms with Gasteiger partial charge in [-0.3, -0.25) is 4.68 Å². The first-order chi connectivity index (χ1) is 15.0. The van der Waals surface area contributed by atoms with Gasteiger partial charge < -0.3 is 14.8 Å². The zero-order valence-electron chi connectivity index (χ0n) is 16.9. The van der Waals surface area contributed by atoms with Crippen LogP contribution in [-0.2, 0) is 22.9 Å². The number of hydrogen-bond acceptors (Lipinski definition) is 6. The minimum absolute atomic E-state index is 0.249. The lowest BCUT2D eigenvalue weighted by Gasteiger charge is -2.06. The molecule has 0 radical (unpaired) electrons. The molecule has 0 fully saturated rings. The molecule has 4 aromatic rings. The monoisotopic (exact) mass is 435 g/mol. The Hall–Kier alpha value is -3.52. The van der Waals surface area contributed by atoms with Gasteiger partial charge in [-0.1, -0.05) is 30.3 Å². The van der Waals surface area contributed by atoms with Crippen molar-refractivity contribution in [2.45, 2.75) is 18.0 Å². The maximum atomic E-state index is 11.7. The van der Waals surface area contributed by atoms with Gasteiger partial charge in [-0.2, -0.15) is 5.10 Å². The number of ether oxygens (including phenoxy) is 2. The topological polar surface area (TPSA) is 82.5 Å². The number of benzene rings is 3. The van der Waals surface area contributed by atoms with Crippen molar-refractivity contribution in [1.29, 1.82) is 0 Å². The Morgan fingerprint density at radius 1 is 1.00 bits per heavy atom. The summed E-state index contributed by atoms with van der Waals surface area (Å²) in [5.41, 5.74) is 3.87. The maximum Gasteiger partial charge on any atom is 0.231 e. The fraction of sp³-hybridized carbons (Fsp3) is 0.174. The summed E-state index contributed by atoms with van der Waals surface area (Å²) in [6.07, 6.45) is 1.21. The van der Waals surface area contributed by atoms with Gasteiger partial charge in [0, 0.05) is 23.4 Å². The zero-order valence-corrected chi connectivity index (χ0v) is 17.7. The summed E-state index contributed by atoms with van der Waals surface area (Å²) in [4.78, 5) is 0.315. The molecular weight excluding hydrogens is 414 g/mol. The number of anilines is 1. The van der Waals surface area contributed by atoms with Gasteiger partial charge in [0.15, 0.2) is 21.3 Å². The highest BCUT2D eigenvalue weighted by Crippen LogP contribution is 2.34. The Balaban J connectivity index is 1.39. The van der Waals surface area contributed by atoms with Gasteiger partial charge in [0.2, 0.25) is 6.79 Å². The highest BCUT2D eigenvalue weighted by atomic mass is 32.2. The molecule has 3 aromatic carbocycles. The van der Waals surface area contributed by atoms with E-state index in [0.29, 0.717) is 18.0 Å². The van der Waals surface area contributed by atoms with Crippen LogP contribution in [0.3, 0.4) is 0 Å². The molecule has 158 valence electrons. The van der Waals surface area contributed by atoms with E-state index in [0.717, 1.165) is 39.3 Å². The van der Waals surface area contributed by atoms with Gasteiger partial charge in [-0.15, -0.1) is 0 Å². The molecule has 5 rings (SSSR count). The second-order valence-corrected chi connectivity index (χ2v) is 9.47. The SMILES string of the molecule is CS(=O)(=O)c1ccc(Cn2nc(CNc3ccc4c(c3)OCO4)c3ccccc32)cc1. The third-order valence-electron chi connectivity index (χ3n) is 5.25. The predicted molar refractivity (Wildman–Crippen MR) is 118 cm³/mol. The first-order valence-electron chi connectivity index (χ1n) is 9.84. The highest BCUT2D eigenvalue weighted by molar-refractivity contribution is 7.90. The van der Waals surface area contributed by atoms with Crippen LogP contribution in [0.1, 0.15) is 11.3 Å². The molecule has 0 saturated heterocycles.